The van der Waals surface area contributed by atoms with Crippen LogP contribution in [0.1, 0.15) is 50.7 Å². The number of nitrogens with one attached hydrogen (secondary N) is 1. The molecule has 152 valence electrons. The molecular formula is C24H27NO4. The summed E-state index contributed by atoms with van der Waals surface area (Å²) in [5, 5.41) is 3.28. The van der Waals surface area contributed by atoms with Crippen LogP contribution in [0.25, 0.3) is 5.57 Å². The highest BCUT2D eigenvalue weighted by atomic mass is 16.5. The standard InChI is InChI=1S/C24H27NO4/c1-23(2,3)19(26)14-17(16-10-7-6-8-11-16)20(21(27)18-12-9-13-28-18)22-25-24(4,5)15-29-22/h6-14,25H,15H2,1-5H3/b17-14+,22-20+. The summed E-state index contributed by atoms with van der Waals surface area (Å²) in [6, 6.07) is 12.7. The molecule has 0 radical (unpaired) electrons. The molecule has 0 bridgehead atoms. The molecule has 1 fully saturated rings. The second-order valence-electron chi connectivity index (χ2n) is 8.85. The number of allylic oxidation sites excluding steroid dienone is 3. The van der Waals surface area contributed by atoms with Gasteiger partial charge in [-0.2, -0.15) is 0 Å². The first kappa shape index (κ1) is 20.6. The minimum absolute atomic E-state index is 0.0843. The van der Waals surface area contributed by atoms with E-state index in [1.54, 1.807) is 12.1 Å². The fourth-order valence-corrected chi connectivity index (χ4v) is 2.91. The van der Waals surface area contributed by atoms with Crippen LogP contribution in [0.15, 0.2) is 70.7 Å². The van der Waals surface area contributed by atoms with Crippen LogP contribution in [-0.4, -0.2) is 23.7 Å². The molecule has 1 aromatic heterocycles. The van der Waals surface area contributed by atoms with E-state index in [-0.39, 0.29) is 28.4 Å². The van der Waals surface area contributed by atoms with Crippen molar-refractivity contribution in [2.75, 3.05) is 6.61 Å². The third-order valence-electron chi connectivity index (χ3n) is 4.60. The minimum atomic E-state index is -0.591. The second kappa shape index (κ2) is 7.74. The number of ketones is 2. The van der Waals surface area contributed by atoms with Crippen molar-refractivity contribution >= 4 is 17.1 Å². The molecule has 0 spiro atoms. The average Bonchev–Trinajstić information content (AvgIpc) is 3.30. The van der Waals surface area contributed by atoms with Crippen molar-refractivity contribution in [1.82, 2.24) is 5.32 Å². The number of hydrogen-bond donors (Lipinski definition) is 1. The molecule has 1 saturated heterocycles. The Bertz CT molecular complexity index is 958. The van der Waals surface area contributed by atoms with Crippen molar-refractivity contribution in [3.05, 3.63) is 77.6 Å². The van der Waals surface area contributed by atoms with Crippen LogP contribution in [-0.2, 0) is 9.53 Å². The predicted molar refractivity (Wildman–Crippen MR) is 112 cm³/mol. The van der Waals surface area contributed by atoms with Gasteiger partial charge in [-0.05, 0) is 37.6 Å². The summed E-state index contributed by atoms with van der Waals surface area (Å²) in [5.74, 6) is 0.117. The van der Waals surface area contributed by atoms with Gasteiger partial charge in [-0.15, -0.1) is 0 Å². The van der Waals surface area contributed by atoms with E-state index in [9.17, 15) is 9.59 Å². The van der Waals surface area contributed by atoms with Gasteiger partial charge in [-0.25, -0.2) is 0 Å². The molecule has 0 aliphatic carbocycles. The molecule has 2 aromatic rings. The van der Waals surface area contributed by atoms with Crippen molar-refractivity contribution in [3.63, 3.8) is 0 Å². The number of furan rings is 1. The summed E-state index contributed by atoms with van der Waals surface area (Å²) in [6.45, 7) is 9.93. The maximum atomic E-state index is 13.4. The van der Waals surface area contributed by atoms with Gasteiger partial charge < -0.3 is 14.5 Å². The Kier molecular flexibility index (Phi) is 5.51. The molecular weight excluding hydrogens is 366 g/mol. The molecule has 1 aliphatic heterocycles. The summed E-state index contributed by atoms with van der Waals surface area (Å²) < 4.78 is 11.2. The Morgan fingerprint density at radius 3 is 2.28 bits per heavy atom. The first-order valence-corrected chi connectivity index (χ1v) is 9.64. The van der Waals surface area contributed by atoms with E-state index < -0.39 is 5.41 Å². The Labute approximate surface area is 171 Å². The largest absolute Gasteiger partial charge is 0.476 e. The van der Waals surface area contributed by atoms with E-state index in [1.165, 1.54) is 12.3 Å². The highest BCUT2D eigenvalue weighted by Gasteiger charge is 2.35. The molecule has 3 rings (SSSR count). The third kappa shape index (κ3) is 4.67. The zero-order valence-corrected chi connectivity index (χ0v) is 17.5. The fraction of sp³-hybridized carbons (Fsp3) is 0.333. The van der Waals surface area contributed by atoms with Crippen LogP contribution in [0, 0.1) is 5.41 Å². The van der Waals surface area contributed by atoms with E-state index in [2.05, 4.69) is 5.32 Å². The number of benzene rings is 1. The van der Waals surface area contributed by atoms with E-state index in [0.717, 1.165) is 5.56 Å². The van der Waals surface area contributed by atoms with Crippen molar-refractivity contribution in [3.8, 4) is 0 Å². The number of carbonyl (C=O) groups is 2. The Morgan fingerprint density at radius 1 is 1.07 bits per heavy atom. The summed E-state index contributed by atoms with van der Waals surface area (Å²) in [4.78, 5) is 26.3. The lowest BCUT2D eigenvalue weighted by molar-refractivity contribution is -0.121. The Hall–Kier alpha value is -3.08. The van der Waals surface area contributed by atoms with Crippen LogP contribution >= 0.6 is 0 Å². The van der Waals surface area contributed by atoms with Gasteiger partial charge in [0.15, 0.2) is 17.4 Å². The molecule has 5 nitrogen and oxygen atoms in total. The van der Waals surface area contributed by atoms with E-state index >= 15 is 0 Å². The highest BCUT2D eigenvalue weighted by molar-refractivity contribution is 6.20. The van der Waals surface area contributed by atoms with Gasteiger partial charge in [0.05, 0.1) is 17.4 Å². The smallest absolute Gasteiger partial charge is 0.234 e. The average molecular weight is 393 g/mol. The topological polar surface area (TPSA) is 68.5 Å². The molecule has 1 aromatic carbocycles. The first-order valence-electron chi connectivity index (χ1n) is 9.64. The SMILES string of the molecule is CC1(C)CO/C(=C(C(=O)c2ccco2)\C(=C\C(=O)C(C)(C)C)c2ccccc2)N1. The van der Waals surface area contributed by atoms with Crippen LogP contribution in [0.3, 0.4) is 0 Å². The van der Waals surface area contributed by atoms with Crippen molar-refractivity contribution in [2.45, 2.75) is 40.2 Å². The van der Waals surface area contributed by atoms with Gasteiger partial charge in [0.1, 0.15) is 6.61 Å². The van der Waals surface area contributed by atoms with Crippen LogP contribution in [0.4, 0.5) is 0 Å². The van der Waals surface area contributed by atoms with Gasteiger partial charge >= 0.3 is 0 Å². The molecule has 1 aliphatic rings. The lowest BCUT2D eigenvalue weighted by atomic mass is 9.86. The normalized spacial score (nSPS) is 18.0. The van der Waals surface area contributed by atoms with Crippen molar-refractivity contribution in [2.24, 2.45) is 5.41 Å². The van der Waals surface area contributed by atoms with Crippen molar-refractivity contribution < 1.29 is 18.7 Å². The summed E-state index contributed by atoms with van der Waals surface area (Å²) in [5.41, 5.74) is 0.621. The maximum Gasteiger partial charge on any atom is 0.234 e. The van der Waals surface area contributed by atoms with Gasteiger partial charge in [0.2, 0.25) is 5.78 Å². The van der Waals surface area contributed by atoms with Gasteiger partial charge in [-0.3, -0.25) is 9.59 Å². The number of rotatable bonds is 5. The van der Waals surface area contributed by atoms with E-state index in [0.29, 0.717) is 18.1 Å². The number of hydrogen-bond acceptors (Lipinski definition) is 5. The molecule has 0 atom stereocenters. The van der Waals surface area contributed by atoms with Gasteiger partial charge in [0.25, 0.3) is 0 Å². The lowest BCUT2D eigenvalue weighted by Gasteiger charge is -2.19. The molecule has 0 amide bonds. The minimum Gasteiger partial charge on any atom is -0.476 e. The van der Waals surface area contributed by atoms with Crippen molar-refractivity contribution in [1.29, 1.82) is 0 Å². The van der Waals surface area contributed by atoms with E-state index in [4.69, 9.17) is 9.15 Å². The summed E-state index contributed by atoms with van der Waals surface area (Å²) in [7, 11) is 0. The zero-order chi connectivity index (χ0) is 21.2. The molecule has 5 heteroatoms. The Balaban J connectivity index is 2.24. The van der Waals surface area contributed by atoms with Crippen LogP contribution in [0.2, 0.25) is 0 Å². The fourth-order valence-electron chi connectivity index (χ4n) is 2.91. The molecule has 0 unspecified atom stereocenters. The quantitative estimate of drug-likeness (QED) is 0.585. The number of ether oxygens (including phenoxy) is 1. The maximum absolute atomic E-state index is 13.4. The molecule has 0 saturated carbocycles. The monoisotopic (exact) mass is 393 g/mol. The molecule has 29 heavy (non-hydrogen) atoms. The zero-order valence-electron chi connectivity index (χ0n) is 17.5. The summed E-state index contributed by atoms with van der Waals surface area (Å²) in [6.07, 6.45) is 2.99. The molecule has 1 N–H and O–H groups in total. The number of carbonyl (C=O) groups excluding carboxylic acids is 2. The predicted octanol–water partition coefficient (Wildman–Crippen LogP) is 4.77. The summed E-state index contributed by atoms with van der Waals surface area (Å²) >= 11 is 0. The van der Waals surface area contributed by atoms with E-state index in [1.807, 2.05) is 65.0 Å². The van der Waals surface area contributed by atoms with Crippen LogP contribution < -0.4 is 5.32 Å². The van der Waals surface area contributed by atoms with Gasteiger partial charge in [-0.1, -0.05) is 51.1 Å². The first-order chi connectivity index (χ1) is 13.6. The highest BCUT2D eigenvalue weighted by Crippen LogP contribution is 2.33. The number of Topliss-reactive ketones (excluding diaryl/α,β-unsaturated/α-hetero) is 1. The third-order valence-corrected chi connectivity index (χ3v) is 4.60. The van der Waals surface area contributed by atoms with Gasteiger partial charge in [0, 0.05) is 11.0 Å². The van der Waals surface area contributed by atoms with Crippen LogP contribution in [0.5, 0.6) is 0 Å². The Morgan fingerprint density at radius 2 is 1.76 bits per heavy atom. The molecule has 2 heterocycles. The lowest BCUT2D eigenvalue weighted by Crippen LogP contribution is -2.34. The second-order valence-corrected chi connectivity index (χ2v) is 8.85.